The fourth-order valence-electron chi connectivity index (χ4n) is 11.9. The van der Waals surface area contributed by atoms with Crippen molar-refractivity contribution in [2.24, 2.45) is 0 Å². The molecular weight excluding hydrogens is 849 g/mol. The largest absolute Gasteiger partial charge is 0.310 e. The lowest BCUT2D eigenvalue weighted by Crippen LogP contribution is -2.36. The Labute approximate surface area is 395 Å². The fourth-order valence-corrected chi connectivity index (χ4v) is 14.2. The van der Waals surface area contributed by atoms with Crippen LogP contribution in [0.2, 0.25) is 0 Å². The van der Waals surface area contributed by atoms with Crippen molar-refractivity contribution < 1.29 is 0 Å². The Balaban J connectivity index is 1.01. The zero-order valence-electron chi connectivity index (χ0n) is 36.2. The molecule has 1 aliphatic carbocycles. The van der Waals surface area contributed by atoms with Gasteiger partial charge in [0.15, 0.2) is 0 Å². The highest BCUT2D eigenvalue weighted by Gasteiger charge is 2.48. The molecule has 312 valence electrons. The molecule has 0 saturated heterocycles. The third-order valence-corrected chi connectivity index (χ3v) is 16.9. The summed E-state index contributed by atoms with van der Waals surface area (Å²) in [5.74, 6) is 0. The maximum atomic E-state index is 2.50. The van der Waals surface area contributed by atoms with E-state index in [1.54, 1.807) is 0 Å². The molecule has 67 heavy (non-hydrogen) atoms. The molecule has 11 aromatic carbocycles. The Kier molecular flexibility index (Phi) is 7.84. The zero-order chi connectivity index (χ0) is 43.8. The Morgan fingerprint density at radius 2 is 0.970 bits per heavy atom. The van der Waals surface area contributed by atoms with Gasteiger partial charge in [-0.2, -0.15) is 0 Å². The van der Waals surface area contributed by atoms with Gasteiger partial charge >= 0.3 is 0 Å². The molecule has 1 atom stereocenters. The minimum absolute atomic E-state index is 0.516. The van der Waals surface area contributed by atoms with E-state index >= 15 is 0 Å². The van der Waals surface area contributed by atoms with Crippen molar-refractivity contribution in [2.45, 2.75) is 15.2 Å². The van der Waals surface area contributed by atoms with Crippen LogP contribution in [0, 0.1) is 0 Å². The Morgan fingerprint density at radius 1 is 0.358 bits per heavy atom. The molecule has 2 aromatic heterocycles. The number of hydrogen-bond donors (Lipinski definition) is 0. The van der Waals surface area contributed by atoms with Crippen molar-refractivity contribution in [1.29, 1.82) is 0 Å². The number of hydrogen-bond acceptors (Lipinski definition) is 3. The average molecular weight is 887 g/mol. The van der Waals surface area contributed by atoms with Crippen molar-refractivity contribution in [3.05, 3.63) is 253 Å². The number of fused-ring (bicyclic) bond motifs is 15. The highest BCUT2D eigenvalue weighted by Crippen LogP contribution is 2.62. The predicted molar refractivity (Wildman–Crippen MR) is 285 cm³/mol. The number of rotatable bonds is 4. The van der Waals surface area contributed by atoms with Crippen LogP contribution in [0.3, 0.4) is 0 Å². The van der Waals surface area contributed by atoms with Crippen molar-refractivity contribution in [2.75, 3.05) is 4.90 Å². The van der Waals surface area contributed by atoms with Gasteiger partial charge in [0.25, 0.3) is 0 Å². The zero-order valence-corrected chi connectivity index (χ0v) is 37.8. The molecule has 0 radical (unpaired) electrons. The van der Waals surface area contributed by atoms with Crippen LogP contribution in [0.5, 0.6) is 0 Å². The minimum atomic E-state index is -0.516. The summed E-state index contributed by atoms with van der Waals surface area (Å²) in [7, 11) is 0. The summed E-state index contributed by atoms with van der Waals surface area (Å²) in [6, 6.07) is 86.6. The molecule has 0 N–H and O–H groups in total. The van der Waals surface area contributed by atoms with E-state index in [0.29, 0.717) is 0 Å². The molecule has 3 heterocycles. The number of benzene rings is 11. The van der Waals surface area contributed by atoms with Crippen LogP contribution < -0.4 is 4.90 Å². The molecule has 15 rings (SSSR count). The molecular formula is C63H38N2S2. The molecule has 1 spiro atoms. The van der Waals surface area contributed by atoms with E-state index in [1.807, 2.05) is 23.1 Å². The minimum Gasteiger partial charge on any atom is -0.310 e. The lowest BCUT2D eigenvalue weighted by Gasteiger charge is -2.46. The van der Waals surface area contributed by atoms with Crippen molar-refractivity contribution in [3.63, 3.8) is 0 Å². The number of thiophene rings is 1. The van der Waals surface area contributed by atoms with Crippen molar-refractivity contribution >= 4 is 104 Å². The maximum absolute atomic E-state index is 2.50. The van der Waals surface area contributed by atoms with E-state index in [4.69, 9.17) is 0 Å². The lowest BCUT2D eigenvalue weighted by molar-refractivity contribution is 0.707. The van der Waals surface area contributed by atoms with Crippen LogP contribution in [0.15, 0.2) is 240 Å². The number of aromatic nitrogens is 1. The second-order valence-electron chi connectivity index (χ2n) is 17.9. The van der Waals surface area contributed by atoms with E-state index < -0.39 is 5.41 Å². The van der Waals surface area contributed by atoms with Crippen LogP contribution in [0.1, 0.15) is 22.3 Å². The topological polar surface area (TPSA) is 8.17 Å². The summed E-state index contributed by atoms with van der Waals surface area (Å²) in [5.41, 5.74) is 14.3. The number of nitrogens with zero attached hydrogens (tertiary/aromatic N) is 2. The molecule has 0 bridgehead atoms. The van der Waals surface area contributed by atoms with Gasteiger partial charge in [-0.15, -0.1) is 11.3 Å². The molecule has 0 fully saturated rings. The second-order valence-corrected chi connectivity index (χ2v) is 20.1. The Bertz CT molecular complexity index is 4220. The number of para-hydroxylation sites is 1. The number of anilines is 3. The van der Waals surface area contributed by atoms with Gasteiger partial charge in [-0.1, -0.05) is 176 Å². The fraction of sp³-hybridized carbons (Fsp3) is 0.0159. The van der Waals surface area contributed by atoms with Crippen LogP contribution in [0.4, 0.5) is 17.1 Å². The van der Waals surface area contributed by atoms with Crippen molar-refractivity contribution in [3.8, 4) is 16.8 Å². The third-order valence-electron chi connectivity index (χ3n) is 14.6. The molecule has 13 aromatic rings. The van der Waals surface area contributed by atoms with Gasteiger partial charge in [0, 0.05) is 63.2 Å². The normalized spacial score (nSPS) is 14.9. The van der Waals surface area contributed by atoms with Gasteiger partial charge in [-0.3, -0.25) is 0 Å². The monoisotopic (exact) mass is 886 g/mol. The summed E-state index contributed by atoms with van der Waals surface area (Å²) in [6.07, 6.45) is 0. The van der Waals surface area contributed by atoms with E-state index in [9.17, 15) is 0 Å². The van der Waals surface area contributed by atoms with Crippen LogP contribution in [-0.4, -0.2) is 4.57 Å². The summed E-state index contributed by atoms with van der Waals surface area (Å²) in [4.78, 5) is 5.05. The van der Waals surface area contributed by atoms with Crippen molar-refractivity contribution in [1.82, 2.24) is 4.57 Å². The molecule has 0 saturated carbocycles. The smallest absolute Gasteiger partial charge is 0.0735 e. The molecule has 1 aliphatic heterocycles. The van der Waals surface area contributed by atoms with E-state index in [2.05, 4.69) is 240 Å². The average Bonchev–Trinajstić information content (AvgIpc) is 3.92. The first-order valence-corrected chi connectivity index (χ1v) is 24.6. The van der Waals surface area contributed by atoms with Crippen LogP contribution >= 0.6 is 23.1 Å². The molecule has 2 aliphatic rings. The first kappa shape index (κ1) is 37.3. The quantitative estimate of drug-likeness (QED) is 0.174. The first-order valence-electron chi connectivity index (χ1n) is 23.0. The van der Waals surface area contributed by atoms with Crippen LogP contribution in [0.25, 0.3) is 80.3 Å². The van der Waals surface area contributed by atoms with E-state index in [1.165, 1.54) is 112 Å². The summed E-state index contributed by atoms with van der Waals surface area (Å²) < 4.78 is 5.08. The van der Waals surface area contributed by atoms with Gasteiger partial charge in [-0.05, 0) is 116 Å². The van der Waals surface area contributed by atoms with Gasteiger partial charge in [0.1, 0.15) is 0 Å². The predicted octanol–water partition coefficient (Wildman–Crippen LogP) is 17.8. The second kappa shape index (κ2) is 14.1. The summed E-state index contributed by atoms with van der Waals surface area (Å²) >= 11 is 3.77. The Morgan fingerprint density at radius 3 is 1.91 bits per heavy atom. The maximum Gasteiger partial charge on any atom is 0.0735 e. The van der Waals surface area contributed by atoms with Gasteiger partial charge in [0.05, 0.1) is 22.1 Å². The highest BCUT2D eigenvalue weighted by atomic mass is 32.2. The van der Waals surface area contributed by atoms with Gasteiger partial charge in [-0.25, -0.2) is 0 Å². The molecule has 2 nitrogen and oxygen atoms in total. The standard InChI is InChI=1S/C63H38N2S2/c1-2-18-44-39(14-1)15-13-27-55(44)65-56-26-8-4-20-46(56)47-33-30-42(37-57(47)65)64(41-32-35-59-50(36-41)48-21-5-9-28-58(48)66-59)43-31-34-53-61(38-43)67-60-29-10-7-24-52(60)63(53)51-23-6-3-19-45(51)49-22-11-16-40-17-12-25-54(63)62(40)49/h1-38H. The van der Waals surface area contributed by atoms with E-state index in [0.717, 1.165) is 17.1 Å². The molecule has 4 heteroatoms. The first-order chi connectivity index (χ1) is 33.2. The van der Waals surface area contributed by atoms with Gasteiger partial charge < -0.3 is 9.47 Å². The van der Waals surface area contributed by atoms with Gasteiger partial charge in [0.2, 0.25) is 0 Å². The third kappa shape index (κ3) is 5.17. The SMILES string of the molecule is c1ccc2c(c1)Sc1cc(N(c3ccc4sc5ccccc5c4c3)c3ccc4c5ccccc5n(-c5cccc6ccccc56)c4c3)ccc1C21c2ccccc2-c2cccc3cccc1c23. The summed E-state index contributed by atoms with van der Waals surface area (Å²) in [6.45, 7) is 0. The van der Waals surface area contributed by atoms with E-state index in [-0.39, 0.29) is 0 Å². The highest BCUT2D eigenvalue weighted by molar-refractivity contribution is 7.99. The lowest BCUT2D eigenvalue weighted by atomic mass is 9.59. The van der Waals surface area contributed by atoms with Crippen LogP contribution in [-0.2, 0) is 5.41 Å². The molecule has 1 unspecified atom stereocenters. The molecule has 0 amide bonds. The Hall–Kier alpha value is -7.89. The summed E-state index contributed by atoms with van der Waals surface area (Å²) in [5, 5.41) is 10.1.